The smallest absolute Gasteiger partial charge is 0.345 e. The van der Waals surface area contributed by atoms with Gasteiger partial charge in [-0.3, -0.25) is 0 Å². The van der Waals surface area contributed by atoms with Crippen LogP contribution < -0.4 is 0 Å². The normalized spacial score (nSPS) is 10.3. The molecule has 1 aromatic heterocycles. The van der Waals surface area contributed by atoms with Gasteiger partial charge in [-0.25, -0.2) is 9.59 Å². The molecule has 0 aliphatic heterocycles. The SMILES string of the molecule is CCOC(=O)C(=Cc1cc(C)n(-c2ccccc2Cl)c1C)C(=O)OCC. The van der Waals surface area contributed by atoms with Gasteiger partial charge in [0.05, 0.1) is 23.9 Å². The number of carbonyl (C=O) groups is 2. The highest BCUT2D eigenvalue weighted by Crippen LogP contribution is 2.27. The topological polar surface area (TPSA) is 57.5 Å². The van der Waals surface area contributed by atoms with Crippen molar-refractivity contribution in [2.24, 2.45) is 0 Å². The molecular weight excluding hydrogens is 354 g/mol. The van der Waals surface area contributed by atoms with Gasteiger partial charge >= 0.3 is 11.9 Å². The van der Waals surface area contributed by atoms with Gasteiger partial charge in [0, 0.05) is 11.4 Å². The molecule has 0 aliphatic rings. The number of esters is 2. The summed E-state index contributed by atoms with van der Waals surface area (Å²) in [6.45, 7) is 7.55. The van der Waals surface area contributed by atoms with Crippen LogP contribution in [0.3, 0.4) is 0 Å². The second-order valence-electron chi connectivity index (χ2n) is 5.61. The molecule has 0 fully saturated rings. The van der Waals surface area contributed by atoms with Crippen LogP contribution in [-0.2, 0) is 19.1 Å². The summed E-state index contributed by atoms with van der Waals surface area (Å²) in [4.78, 5) is 24.3. The van der Waals surface area contributed by atoms with Crippen molar-refractivity contribution in [1.29, 1.82) is 0 Å². The predicted molar refractivity (Wildman–Crippen MR) is 101 cm³/mol. The Morgan fingerprint density at radius 2 is 1.65 bits per heavy atom. The predicted octanol–water partition coefficient (Wildman–Crippen LogP) is 4.26. The van der Waals surface area contributed by atoms with Gasteiger partial charge < -0.3 is 14.0 Å². The van der Waals surface area contributed by atoms with Crippen LogP contribution in [0.25, 0.3) is 11.8 Å². The third-order valence-electron chi connectivity index (χ3n) is 3.85. The summed E-state index contributed by atoms with van der Waals surface area (Å²) in [7, 11) is 0. The van der Waals surface area contributed by atoms with Crippen LogP contribution in [0.4, 0.5) is 0 Å². The first-order valence-corrected chi connectivity index (χ1v) is 8.78. The molecule has 138 valence electrons. The number of halogens is 1. The summed E-state index contributed by atoms with van der Waals surface area (Å²) in [6, 6.07) is 9.37. The first-order chi connectivity index (χ1) is 12.4. The van der Waals surface area contributed by atoms with Crippen LogP contribution in [0.1, 0.15) is 30.8 Å². The fourth-order valence-electron chi connectivity index (χ4n) is 2.71. The molecule has 0 unspecified atom stereocenters. The van der Waals surface area contributed by atoms with Crippen LogP contribution >= 0.6 is 11.6 Å². The van der Waals surface area contributed by atoms with E-state index in [1.54, 1.807) is 13.8 Å². The molecule has 0 bridgehead atoms. The van der Waals surface area contributed by atoms with E-state index in [2.05, 4.69) is 0 Å². The largest absolute Gasteiger partial charge is 0.462 e. The molecule has 2 aromatic rings. The van der Waals surface area contributed by atoms with Crippen molar-refractivity contribution < 1.29 is 19.1 Å². The molecule has 6 heteroatoms. The van der Waals surface area contributed by atoms with Gasteiger partial charge in [0.2, 0.25) is 0 Å². The first kappa shape index (κ1) is 19.8. The molecule has 1 aromatic carbocycles. The lowest BCUT2D eigenvalue weighted by molar-refractivity contribution is -0.146. The van der Waals surface area contributed by atoms with Gasteiger partial charge in [-0.2, -0.15) is 0 Å². The maximum atomic E-state index is 12.2. The molecule has 1 heterocycles. The quantitative estimate of drug-likeness (QED) is 0.327. The number of para-hydroxylation sites is 1. The minimum Gasteiger partial charge on any atom is -0.462 e. The highest BCUT2D eigenvalue weighted by Gasteiger charge is 2.22. The molecule has 0 radical (unpaired) electrons. The molecule has 0 saturated carbocycles. The van der Waals surface area contributed by atoms with Crippen LogP contribution in [0, 0.1) is 13.8 Å². The number of hydrogen-bond acceptors (Lipinski definition) is 4. The van der Waals surface area contributed by atoms with E-state index in [-0.39, 0.29) is 18.8 Å². The van der Waals surface area contributed by atoms with Crippen molar-refractivity contribution in [2.75, 3.05) is 13.2 Å². The Bertz CT molecular complexity index is 831. The zero-order chi connectivity index (χ0) is 19.3. The van der Waals surface area contributed by atoms with E-state index in [9.17, 15) is 9.59 Å². The Labute approximate surface area is 158 Å². The summed E-state index contributed by atoms with van der Waals surface area (Å²) >= 11 is 6.32. The highest BCUT2D eigenvalue weighted by atomic mass is 35.5. The summed E-state index contributed by atoms with van der Waals surface area (Å²) in [5.41, 5.74) is 3.19. The van der Waals surface area contributed by atoms with Crippen LogP contribution in [0.15, 0.2) is 35.9 Å². The molecule has 0 aliphatic carbocycles. The molecule has 2 rings (SSSR count). The van der Waals surface area contributed by atoms with Crippen molar-refractivity contribution in [3.8, 4) is 5.69 Å². The van der Waals surface area contributed by atoms with E-state index < -0.39 is 11.9 Å². The number of aromatic nitrogens is 1. The fourth-order valence-corrected chi connectivity index (χ4v) is 2.93. The van der Waals surface area contributed by atoms with Crippen LogP contribution in [-0.4, -0.2) is 29.7 Å². The maximum Gasteiger partial charge on any atom is 0.345 e. The number of hydrogen-bond donors (Lipinski definition) is 0. The highest BCUT2D eigenvalue weighted by molar-refractivity contribution is 6.32. The van der Waals surface area contributed by atoms with E-state index in [0.29, 0.717) is 5.02 Å². The lowest BCUT2D eigenvalue weighted by atomic mass is 10.1. The van der Waals surface area contributed by atoms with E-state index >= 15 is 0 Å². The molecule has 26 heavy (non-hydrogen) atoms. The van der Waals surface area contributed by atoms with E-state index in [4.69, 9.17) is 21.1 Å². The van der Waals surface area contributed by atoms with Crippen molar-refractivity contribution in [3.63, 3.8) is 0 Å². The monoisotopic (exact) mass is 375 g/mol. The number of carbonyl (C=O) groups excluding carboxylic acids is 2. The van der Waals surface area contributed by atoms with Crippen molar-refractivity contribution >= 4 is 29.6 Å². The standard InChI is InChI=1S/C20H22ClNO4/c1-5-25-19(23)16(20(24)26-6-2)12-15-11-13(3)22(14(15)4)18-10-8-7-9-17(18)21/h7-12H,5-6H2,1-4H3. The Morgan fingerprint density at radius 3 is 2.19 bits per heavy atom. The molecule has 0 atom stereocenters. The number of ether oxygens (including phenoxy) is 2. The minimum absolute atomic E-state index is 0.131. The molecule has 0 N–H and O–H groups in total. The van der Waals surface area contributed by atoms with Crippen molar-refractivity contribution in [1.82, 2.24) is 4.57 Å². The summed E-state index contributed by atoms with van der Waals surface area (Å²) in [5, 5.41) is 0.612. The number of benzene rings is 1. The Balaban J connectivity index is 2.55. The second kappa shape index (κ2) is 8.72. The maximum absolute atomic E-state index is 12.2. The zero-order valence-corrected chi connectivity index (χ0v) is 16.1. The fraction of sp³-hybridized carbons (Fsp3) is 0.300. The zero-order valence-electron chi connectivity index (χ0n) is 15.3. The number of rotatable bonds is 6. The van der Waals surface area contributed by atoms with Gasteiger partial charge in [-0.05, 0) is 57.5 Å². The summed E-state index contributed by atoms with van der Waals surface area (Å²) in [5.74, 6) is -1.40. The van der Waals surface area contributed by atoms with Gasteiger partial charge in [-0.1, -0.05) is 23.7 Å². The molecule has 0 saturated heterocycles. The Morgan fingerprint density at radius 1 is 1.08 bits per heavy atom. The van der Waals surface area contributed by atoms with Gasteiger partial charge in [0.1, 0.15) is 5.57 Å². The van der Waals surface area contributed by atoms with Gasteiger partial charge in [0.25, 0.3) is 0 Å². The first-order valence-electron chi connectivity index (χ1n) is 8.40. The summed E-state index contributed by atoms with van der Waals surface area (Å²) < 4.78 is 12.0. The molecule has 0 amide bonds. The minimum atomic E-state index is -0.700. The molecule has 5 nitrogen and oxygen atoms in total. The third kappa shape index (κ3) is 4.17. The average Bonchev–Trinajstić information content (AvgIpc) is 2.87. The van der Waals surface area contributed by atoms with Crippen LogP contribution in [0.2, 0.25) is 5.02 Å². The second-order valence-corrected chi connectivity index (χ2v) is 6.02. The average molecular weight is 376 g/mol. The molecule has 0 spiro atoms. The third-order valence-corrected chi connectivity index (χ3v) is 4.17. The lowest BCUT2D eigenvalue weighted by Crippen LogP contribution is -2.18. The van der Waals surface area contributed by atoms with Gasteiger partial charge in [-0.15, -0.1) is 0 Å². The van der Waals surface area contributed by atoms with E-state index in [1.807, 2.05) is 48.7 Å². The lowest BCUT2D eigenvalue weighted by Gasteiger charge is -2.11. The van der Waals surface area contributed by atoms with Crippen LogP contribution in [0.5, 0.6) is 0 Å². The van der Waals surface area contributed by atoms with Gasteiger partial charge in [0.15, 0.2) is 0 Å². The van der Waals surface area contributed by atoms with E-state index in [0.717, 1.165) is 22.6 Å². The Hall–Kier alpha value is -2.53. The Kier molecular flexibility index (Phi) is 6.64. The van der Waals surface area contributed by atoms with Crippen molar-refractivity contribution in [3.05, 3.63) is 57.9 Å². The van der Waals surface area contributed by atoms with Crippen molar-refractivity contribution in [2.45, 2.75) is 27.7 Å². The summed E-state index contributed by atoms with van der Waals surface area (Å²) in [6.07, 6.45) is 1.51. The number of aryl methyl sites for hydroxylation is 1. The molecular formula is C20H22ClNO4. The number of nitrogens with zero attached hydrogens (tertiary/aromatic N) is 1. The van der Waals surface area contributed by atoms with E-state index in [1.165, 1.54) is 6.08 Å².